The highest BCUT2D eigenvalue weighted by atomic mass is 32.1. The van der Waals surface area contributed by atoms with Gasteiger partial charge in [0.2, 0.25) is 5.88 Å². The molecule has 8 heteroatoms. The normalized spacial score (nSPS) is 21.3. The molecule has 3 rings (SSSR count). The molecular weight excluding hydrogens is 316 g/mol. The lowest BCUT2D eigenvalue weighted by atomic mass is 9.75. The molecule has 1 aliphatic rings. The zero-order chi connectivity index (χ0) is 16.4. The summed E-state index contributed by atoms with van der Waals surface area (Å²) >= 11 is 1.15. The second-order valence-electron chi connectivity index (χ2n) is 5.58. The average Bonchev–Trinajstić information content (AvgIpc) is 2.96. The Morgan fingerprint density at radius 3 is 2.83 bits per heavy atom. The second kappa shape index (κ2) is 6.51. The summed E-state index contributed by atoms with van der Waals surface area (Å²) in [6.45, 7) is 0. The van der Waals surface area contributed by atoms with Crippen LogP contribution < -0.4 is 15.8 Å². The van der Waals surface area contributed by atoms with Crippen LogP contribution in [-0.4, -0.2) is 33.6 Å². The largest absolute Gasteiger partial charge is 0.481 e. The smallest absolute Gasteiger partial charge is 0.256 e. The SMILES string of the molecule is COc1ccc(C(NC(=O)c2csnc2N)C2CC(O)C2)cn1. The second-order valence-corrected chi connectivity index (χ2v) is 6.21. The average molecular weight is 334 g/mol. The maximum Gasteiger partial charge on any atom is 0.256 e. The fourth-order valence-electron chi connectivity index (χ4n) is 2.71. The van der Waals surface area contributed by atoms with Crippen LogP contribution in [-0.2, 0) is 0 Å². The van der Waals surface area contributed by atoms with E-state index in [9.17, 15) is 9.90 Å². The summed E-state index contributed by atoms with van der Waals surface area (Å²) in [7, 11) is 1.55. The topological polar surface area (TPSA) is 110 Å². The molecule has 1 fully saturated rings. The molecule has 0 bridgehead atoms. The van der Waals surface area contributed by atoms with Crippen LogP contribution in [0.4, 0.5) is 5.82 Å². The van der Waals surface area contributed by atoms with E-state index in [0.717, 1.165) is 17.1 Å². The Kier molecular flexibility index (Phi) is 4.44. The summed E-state index contributed by atoms with van der Waals surface area (Å²) in [6, 6.07) is 3.39. The number of carbonyl (C=O) groups is 1. The molecule has 0 spiro atoms. The summed E-state index contributed by atoms with van der Waals surface area (Å²) in [5, 5.41) is 14.2. The molecule has 0 radical (unpaired) electrons. The lowest BCUT2D eigenvalue weighted by Gasteiger charge is -2.38. The molecule has 2 heterocycles. The van der Waals surface area contributed by atoms with Gasteiger partial charge in [-0.3, -0.25) is 4.79 Å². The van der Waals surface area contributed by atoms with E-state index in [1.54, 1.807) is 24.8 Å². The monoisotopic (exact) mass is 334 g/mol. The lowest BCUT2D eigenvalue weighted by Crippen LogP contribution is -2.41. The van der Waals surface area contributed by atoms with Gasteiger partial charge in [-0.05, 0) is 35.9 Å². The van der Waals surface area contributed by atoms with E-state index >= 15 is 0 Å². The van der Waals surface area contributed by atoms with Crippen molar-refractivity contribution in [1.29, 1.82) is 0 Å². The predicted octanol–water partition coefficient (Wildman–Crippen LogP) is 1.37. The molecule has 0 aliphatic heterocycles. The van der Waals surface area contributed by atoms with E-state index in [0.29, 0.717) is 24.3 Å². The number of ether oxygens (including phenoxy) is 1. The quantitative estimate of drug-likeness (QED) is 0.762. The molecule has 0 aromatic carbocycles. The molecule has 2 aromatic rings. The molecule has 1 saturated carbocycles. The van der Waals surface area contributed by atoms with Gasteiger partial charge in [0.15, 0.2) is 0 Å². The number of nitrogens with two attached hydrogens (primary N) is 1. The number of amides is 1. The van der Waals surface area contributed by atoms with Gasteiger partial charge >= 0.3 is 0 Å². The van der Waals surface area contributed by atoms with Crippen LogP contribution in [0.25, 0.3) is 0 Å². The van der Waals surface area contributed by atoms with Crippen LogP contribution in [0.2, 0.25) is 0 Å². The van der Waals surface area contributed by atoms with Gasteiger partial charge in [-0.25, -0.2) is 4.98 Å². The molecule has 1 amide bonds. The van der Waals surface area contributed by atoms with Gasteiger partial charge in [0.05, 0.1) is 24.8 Å². The molecule has 0 saturated heterocycles. The number of hydrogen-bond donors (Lipinski definition) is 3. The first kappa shape index (κ1) is 15.7. The van der Waals surface area contributed by atoms with E-state index in [1.807, 2.05) is 6.07 Å². The summed E-state index contributed by atoms with van der Waals surface area (Å²) in [6.07, 6.45) is 2.67. The zero-order valence-corrected chi connectivity index (χ0v) is 13.4. The summed E-state index contributed by atoms with van der Waals surface area (Å²) in [5.41, 5.74) is 6.96. The van der Waals surface area contributed by atoms with Crippen LogP contribution in [0.1, 0.15) is 34.8 Å². The summed E-state index contributed by atoms with van der Waals surface area (Å²) in [5.74, 6) is 0.641. The van der Waals surface area contributed by atoms with Crippen molar-refractivity contribution in [1.82, 2.24) is 14.7 Å². The number of aliphatic hydroxyl groups excluding tert-OH is 1. The van der Waals surface area contributed by atoms with Crippen molar-refractivity contribution >= 4 is 23.3 Å². The number of nitrogens with zero attached hydrogens (tertiary/aromatic N) is 2. The van der Waals surface area contributed by atoms with E-state index in [1.165, 1.54) is 0 Å². The van der Waals surface area contributed by atoms with Crippen molar-refractivity contribution in [2.45, 2.75) is 25.0 Å². The Labute approximate surface area is 137 Å². The zero-order valence-electron chi connectivity index (χ0n) is 12.6. The van der Waals surface area contributed by atoms with Crippen molar-refractivity contribution in [2.75, 3.05) is 12.8 Å². The number of aromatic nitrogens is 2. The maximum absolute atomic E-state index is 12.4. The number of carbonyl (C=O) groups excluding carboxylic acids is 1. The van der Waals surface area contributed by atoms with Gasteiger partial charge < -0.3 is 20.9 Å². The molecule has 1 aliphatic carbocycles. The van der Waals surface area contributed by atoms with Crippen LogP contribution in [0.5, 0.6) is 5.88 Å². The van der Waals surface area contributed by atoms with Gasteiger partial charge in [-0.1, -0.05) is 6.07 Å². The Balaban J connectivity index is 1.80. The third-order valence-electron chi connectivity index (χ3n) is 4.08. The number of aliphatic hydroxyl groups is 1. The number of nitrogens with one attached hydrogen (secondary N) is 1. The Morgan fingerprint density at radius 1 is 1.52 bits per heavy atom. The Morgan fingerprint density at radius 2 is 2.30 bits per heavy atom. The number of rotatable bonds is 5. The summed E-state index contributed by atoms with van der Waals surface area (Å²) < 4.78 is 8.98. The number of hydrogen-bond acceptors (Lipinski definition) is 7. The predicted molar refractivity (Wildman–Crippen MR) is 86.3 cm³/mol. The number of nitrogen functional groups attached to an aromatic ring is 1. The van der Waals surface area contributed by atoms with Gasteiger partial charge in [-0.15, -0.1) is 0 Å². The first-order valence-corrected chi connectivity index (χ1v) is 8.11. The standard InChI is InChI=1S/C15H18N4O3S/c1-22-12-3-2-8(6-17-12)13(9-4-10(20)5-9)18-15(21)11-7-23-19-14(11)16/h2-3,6-7,9-10,13,20H,4-5H2,1H3,(H2,16,19)(H,18,21). The van der Waals surface area contributed by atoms with E-state index in [2.05, 4.69) is 14.7 Å². The lowest BCUT2D eigenvalue weighted by molar-refractivity contribution is 0.0234. The van der Waals surface area contributed by atoms with Crippen molar-refractivity contribution < 1.29 is 14.6 Å². The molecule has 7 nitrogen and oxygen atoms in total. The minimum atomic E-state index is -0.307. The van der Waals surface area contributed by atoms with Gasteiger partial charge in [0.25, 0.3) is 5.91 Å². The van der Waals surface area contributed by atoms with Gasteiger partial charge in [-0.2, -0.15) is 4.37 Å². The molecular formula is C15H18N4O3S. The fraction of sp³-hybridized carbons (Fsp3) is 0.400. The number of anilines is 1. The number of pyridine rings is 1. The third-order valence-corrected chi connectivity index (χ3v) is 4.72. The van der Waals surface area contributed by atoms with Gasteiger partial charge in [0.1, 0.15) is 5.82 Å². The van der Waals surface area contributed by atoms with Crippen LogP contribution in [0.3, 0.4) is 0 Å². The first-order valence-electron chi connectivity index (χ1n) is 7.27. The van der Waals surface area contributed by atoms with Crippen molar-refractivity contribution in [2.24, 2.45) is 5.92 Å². The van der Waals surface area contributed by atoms with Crippen molar-refractivity contribution in [3.8, 4) is 5.88 Å². The molecule has 2 aromatic heterocycles. The highest BCUT2D eigenvalue weighted by molar-refractivity contribution is 7.04. The molecule has 1 atom stereocenters. The Bertz CT molecular complexity index is 682. The van der Waals surface area contributed by atoms with E-state index in [-0.39, 0.29) is 29.8 Å². The van der Waals surface area contributed by atoms with Crippen LogP contribution >= 0.6 is 11.5 Å². The molecule has 122 valence electrons. The van der Waals surface area contributed by atoms with Crippen LogP contribution in [0, 0.1) is 5.92 Å². The number of methoxy groups -OCH3 is 1. The van der Waals surface area contributed by atoms with E-state index < -0.39 is 0 Å². The van der Waals surface area contributed by atoms with E-state index in [4.69, 9.17) is 10.5 Å². The van der Waals surface area contributed by atoms with Crippen LogP contribution in [0.15, 0.2) is 23.7 Å². The molecule has 23 heavy (non-hydrogen) atoms. The molecule has 4 N–H and O–H groups in total. The first-order chi connectivity index (χ1) is 11.1. The maximum atomic E-state index is 12.4. The minimum absolute atomic E-state index is 0.164. The minimum Gasteiger partial charge on any atom is -0.481 e. The van der Waals surface area contributed by atoms with Crippen molar-refractivity contribution in [3.05, 3.63) is 34.8 Å². The van der Waals surface area contributed by atoms with Crippen molar-refractivity contribution in [3.63, 3.8) is 0 Å². The highest BCUT2D eigenvalue weighted by Gasteiger charge is 2.36. The van der Waals surface area contributed by atoms with Gasteiger partial charge in [0, 0.05) is 17.6 Å². The highest BCUT2D eigenvalue weighted by Crippen LogP contribution is 2.38. The molecule has 1 unspecified atom stereocenters. The Hall–Kier alpha value is -2.19. The fourth-order valence-corrected chi connectivity index (χ4v) is 3.30. The summed E-state index contributed by atoms with van der Waals surface area (Å²) in [4.78, 5) is 16.6. The third kappa shape index (κ3) is 3.27.